The minimum Gasteiger partial charge on any atom is -0.340 e. The number of halogens is 1. The topological polar surface area (TPSA) is 95.7 Å². The van der Waals surface area contributed by atoms with Crippen LogP contribution in [0.2, 0.25) is 0 Å². The molecule has 1 heterocycles. The Morgan fingerprint density at radius 3 is 2.36 bits per heavy atom. The van der Waals surface area contributed by atoms with Crippen LogP contribution in [0.4, 0.5) is 4.79 Å². The minimum atomic E-state index is -1.03. The van der Waals surface area contributed by atoms with Crippen molar-refractivity contribution >= 4 is 30.3 Å². The molecule has 0 spiro atoms. The van der Waals surface area contributed by atoms with E-state index in [2.05, 4.69) is 5.32 Å². The van der Waals surface area contributed by atoms with Gasteiger partial charge in [0, 0.05) is 19.6 Å². The van der Waals surface area contributed by atoms with Gasteiger partial charge in [-0.05, 0) is 25.8 Å². The van der Waals surface area contributed by atoms with E-state index in [1.807, 2.05) is 30.3 Å². The predicted octanol–water partition coefficient (Wildman–Crippen LogP) is 0.769. The van der Waals surface area contributed by atoms with Crippen LogP contribution in [0.25, 0.3) is 0 Å². The molecule has 0 saturated carbocycles. The predicted molar refractivity (Wildman–Crippen MR) is 97.4 cm³/mol. The molecule has 8 heteroatoms. The molecule has 7 nitrogen and oxygen atoms in total. The number of urea groups is 1. The van der Waals surface area contributed by atoms with Crippen LogP contribution >= 0.6 is 12.4 Å². The van der Waals surface area contributed by atoms with Gasteiger partial charge in [-0.25, -0.2) is 4.79 Å². The smallest absolute Gasteiger partial charge is 0.325 e. The summed E-state index contributed by atoms with van der Waals surface area (Å²) in [7, 11) is 0. The normalized spacial score (nSPS) is 15.6. The molecule has 1 saturated heterocycles. The van der Waals surface area contributed by atoms with Gasteiger partial charge < -0.3 is 15.5 Å². The van der Waals surface area contributed by atoms with Gasteiger partial charge in [-0.1, -0.05) is 30.3 Å². The van der Waals surface area contributed by atoms with Crippen molar-refractivity contribution < 1.29 is 14.4 Å². The molecular formula is C17H25ClN4O3. The van der Waals surface area contributed by atoms with E-state index < -0.39 is 17.5 Å². The maximum absolute atomic E-state index is 12.6. The number of imide groups is 1. The lowest BCUT2D eigenvalue weighted by molar-refractivity contribution is -0.133. The molecule has 25 heavy (non-hydrogen) atoms. The van der Waals surface area contributed by atoms with E-state index in [1.165, 1.54) is 4.90 Å². The molecule has 0 atom stereocenters. The average molecular weight is 369 g/mol. The molecule has 1 aromatic carbocycles. The summed E-state index contributed by atoms with van der Waals surface area (Å²) < 4.78 is 0. The Labute approximate surface area is 153 Å². The second kappa shape index (κ2) is 8.82. The molecule has 1 aliphatic heterocycles. The highest BCUT2D eigenvalue weighted by molar-refractivity contribution is 6.07. The minimum absolute atomic E-state index is 0. The number of hydrogen-bond donors (Lipinski definition) is 2. The quantitative estimate of drug-likeness (QED) is 0.695. The van der Waals surface area contributed by atoms with Crippen LogP contribution < -0.4 is 11.1 Å². The third-order valence-corrected chi connectivity index (χ3v) is 4.25. The van der Waals surface area contributed by atoms with Gasteiger partial charge in [0.1, 0.15) is 12.1 Å². The Hall–Kier alpha value is -2.12. The van der Waals surface area contributed by atoms with Crippen molar-refractivity contribution in [3.8, 4) is 0 Å². The summed E-state index contributed by atoms with van der Waals surface area (Å²) in [6.07, 6.45) is 0.709. The lowest BCUT2D eigenvalue weighted by Gasteiger charge is -2.30. The fourth-order valence-electron chi connectivity index (χ4n) is 2.62. The number of carbonyl (C=O) groups is 3. The molecule has 1 fully saturated rings. The van der Waals surface area contributed by atoms with Gasteiger partial charge in [-0.2, -0.15) is 0 Å². The number of nitrogens with zero attached hydrogens (tertiary/aromatic N) is 2. The first-order chi connectivity index (χ1) is 11.4. The zero-order valence-corrected chi connectivity index (χ0v) is 15.3. The highest BCUT2D eigenvalue weighted by Gasteiger charge is 2.46. The van der Waals surface area contributed by atoms with Crippen LogP contribution in [-0.4, -0.2) is 59.4 Å². The Kier molecular flexibility index (Phi) is 7.38. The van der Waals surface area contributed by atoms with Crippen molar-refractivity contribution in [3.63, 3.8) is 0 Å². The van der Waals surface area contributed by atoms with Crippen molar-refractivity contribution in [2.75, 3.05) is 26.2 Å². The summed E-state index contributed by atoms with van der Waals surface area (Å²) in [5, 5.41) is 2.24. The van der Waals surface area contributed by atoms with E-state index in [9.17, 15) is 14.4 Å². The van der Waals surface area contributed by atoms with Crippen molar-refractivity contribution in [1.82, 2.24) is 15.1 Å². The molecule has 0 aliphatic carbocycles. The molecule has 0 bridgehead atoms. The van der Waals surface area contributed by atoms with Crippen LogP contribution in [0.15, 0.2) is 30.3 Å². The molecule has 0 aromatic heterocycles. The monoisotopic (exact) mass is 368 g/mol. The first-order valence-corrected chi connectivity index (χ1v) is 8.01. The van der Waals surface area contributed by atoms with Crippen molar-refractivity contribution in [2.45, 2.75) is 25.8 Å². The molecule has 2 rings (SSSR count). The fourth-order valence-corrected chi connectivity index (χ4v) is 2.62. The average Bonchev–Trinajstić information content (AvgIpc) is 2.74. The van der Waals surface area contributed by atoms with Gasteiger partial charge in [0.25, 0.3) is 5.91 Å². The summed E-state index contributed by atoms with van der Waals surface area (Å²) >= 11 is 0. The standard InChI is InChI=1S/C17H24N4O3.ClH/c1-17(2)15(23)19-16(24)21(17)12-14(22)20(11-9-18)10-8-13-6-4-3-5-7-13;/h3-7H,8-12,18H2,1-2H3,(H,19,23,24);1H. The zero-order valence-electron chi connectivity index (χ0n) is 14.5. The molecule has 3 N–H and O–H groups in total. The van der Waals surface area contributed by atoms with E-state index in [0.29, 0.717) is 26.1 Å². The van der Waals surface area contributed by atoms with Crippen LogP contribution in [0, 0.1) is 0 Å². The summed E-state index contributed by atoms with van der Waals surface area (Å²) in [6, 6.07) is 9.31. The SMILES string of the molecule is CC1(C)C(=O)NC(=O)N1CC(=O)N(CCN)CCc1ccccc1.Cl. The second-order valence-electron chi connectivity index (χ2n) is 6.31. The van der Waals surface area contributed by atoms with Crippen molar-refractivity contribution in [1.29, 1.82) is 0 Å². The van der Waals surface area contributed by atoms with E-state index in [0.717, 1.165) is 5.56 Å². The highest BCUT2D eigenvalue weighted by Crippen LogP contribution is 2.20. The van der Waals surface area contributed by atoms with Gasteiger partial charge in [-0.15, -0.1) is 12.4 Å². The number of nitrogens with one attached hydrogen (secondary N) is 1. The summed E-state index contributed by atoms with van der Waals surface area (Å²) in [4.78, 5) is 39.2. The number of nitrogens with two attached hydrogens (primary N) is 1. The molecule has 1 aromatic rings. The van der Waals surface area contributed by atoms with E-state index in [4.69, 9.17) is 5.73 Å². The number of rotatable bonds is 7. The van der Waals surface area contributed by atoms with Gasteiger partial charge in [-0.3, -0.25) is 14.9 Å². The summed E-state index contributed by atoms with van der Waals surface area (Å²) in [5.41, 5.74) is 5.71. The van der Waals surface area contributed by atoms with Crippen LogP contribution in [0.1, 0.15) is 19.4 Å². The second-order valence-corrected chi connectivity index (χ2v) is 6.31. The van der Waals surface area contributed by atoms with Crippen molar-refractivity contribution in [2.24, 2.45) is 5.73 Å². The lowest BCUT2D eigenvalue weighted by Crippen LogP contribution is -2.50. The highest BCUT2D eigenvalue weighted by atomic mass is 35.5. The number of carbonyl (C=O) groups excluding carboxylic acids is 3. The number of benzene rings is 1. The maximum atomic E-state index is 12.6. The van der Waals surface area contributed by atoms with Gasteiger partial charge >= 0.3 is 6.03 Å². The van der Waals surface area contributed by atoms with Crippen molar-refractivity contribution in [3.05, 3.63) is 35.9 Å². The zero-order chi connectivity index (χ0) is 17.7. The number of amides is 4. The molecule has 4 amide bonds. The largest absolute Gasteiger partial charge is 0.340 e. The van der Waals surface area contributed by atoms with Crippen LogP contribution in [0.3, 0.4) is 0 Å². The van der Waals surface area contributed by atoms with Gasteiger partial charge in [0.15, 0.2) is 0 Å². The lowest BCUT2D eigenvalue weighted by atomic mass is 10.0. The molecular weight excluding hydrogens is 344 g/mol. The van der Waals surface area contributed by atoms with Crippen LogP contribution in [0.5, 0.6) is 0 Å². The Morgan fingerprint density at radius 1 is 1.20 bits per heavy atom. The van der Waals surface area contributed by atoms with Gasteiger partial charge in [0.05, 0.1) is 0 Å². The Morgan fingerprint density at radius 2 is 1.84 bits per heavy atom. The third-order valence-electron chi connectivity index (χ3n) is 4.25. The number of hydrogen-bond acceptors (Lipinski definition) is 4. The molecule has 1 aliphatic rings. The molecule has 0 radical (unpaired) electrons. The van der Waals surface area contributed by atoms with Crippen LogP contribution in [-0.2, 0) is 16.0 Å². The van der Waals surface area contributed by atoms with E-state index in [1.54, 1.807) is 18.7 Å². The summed E-state index contributed by atoms with van der Waals surface area (Å²) in [6.45, 7) is 4.38. The summed E-state index contributed by atoms with van der Waals surface area (Å²) in [5.74, 6) is -0.607. The van der Waals surface area contributed by atoms with Gasteiger partial charge in [0.2, 0.25) is 5.91 Å². The molecule has 138 valence electrons. The maximum Gasteiger partial charge on any atom is 0.325 e. The fraction of sp³-hybridized carbons (Fsp3) is 0.471. The third kappa shape index (κ3) is 4.93. The van der Waals surface area contributed by atoms with E-state index in [-0.39, 0.29) is 24.9 Å². The van der Waals surface area contributed by atoms with E-state index >= 15 is 0 Å². The Bertz CT molecular complexity index is 622. The first kappa shape index (κ1) is 20.9. The Balaban J connectivity index is 0.00000312. The molecule has 0 unspecified atom stereocenters. The first-order valence-electron chi connectivity index (χ1n) is 8.01.